The van der Waals surface area contributed by atoms with Crippen LogP contribution in [0.1, 0.15) is 12.2 Å². The molecule has 0 saturated carbocycles. The number of furan rings is 1. The van der Waals surface area contributed by atoms with E-state index in [9.17, 15) is 17.1 Å². The first-order valence-electron chi connectivity index (χ1n) is 5.16. The first kappa shape index (κ1) is 12.1. The predicted octanol–water partition coefficient (Wildman–Crippen LogP) is 0.927. The molecule has 1 saturated heterocycles. The van der Waals surface area contributed by atoms with Gasteiger partial charge in [0.15, 0.2) is 0 Å². The molecule has 94 valence electrons. The number of carbonyl (C=O) groups is 1. The van der Waals surface area contributed by atoms with E-state index >= 15 is 0 Å². The van der Waals surface area contributed by atoms with Crippen LogP contribution in [0, 0.1) is 5.92 Å². The fourth-order valence-corrected chi connectivity index (χ4v) is 2.78. The maximum absolute atomic E-state index is 12.5. The van der Waals surface area contributed by atoms with Crippen molar-refractivity contribution in [1.82, 2.24) is 4.90 Å². The first-order valence-corrected chi connectivity index (χ1v) is 6.72. The second-order valence-corrected chi connectivity index (χ2v) is 5.54. The van der Waals surface area contributed by atoms with Crippen molar-refractivity contribution in [2.75, 3.05) is 12.3 Å². The van der Waals surface area contributed by atoms with E-state index in [1.807, 2.05) is 0 Å². The summed E-state index contributed by atoms with van der Waals surface area (Å²) in [6, 6.07) is 3.44. The summed E-state index contributed by atoms with van der Waals surface area (Å²) in [6.07, 6.45) is 1.57. The number of hydrogen-bond acceptors (Lipinski definition) is 4. The molecule has 2 rings (SSSR count). The van der Waals surface area contributed by atoms with Crippen LogP contribution in [0.2, 0.25) is 0 Å². The van der Waals surface area contributed by atoms with Crippen molar-refractivity contribution in [3.8, 4) is 0 Å². The highest BCUT2D eigenvalue weighted by atomic mass is 32.3. The molecule has 1 atom stereocenters. The lowest BCUT2D eigenvalue weighted by Gasteiger charge is -2.14. The Bertz CT molecular complexity index is 496. The normalized spacial score (nSPS) is 21.1. The molecule has 7 heteroatoms. The zero-order valence-corrected chi connectivity index (χ0v) is 9.82. The van der Waals surface area contributed by atoms with Gasteiger partial charge in [0.25, 0.3) is 0 Å². The number of carbonyl (C=O) groups excluding carboxylic acids is 1. The maximum Gasteiger partial charge on any atom is 0.302 e. The van der Waals surface area contributed by atoms with Crippen molar-refractivity contribution in [3.05, 3.63) is 24.2 Å². The lowest BCUT2D eigenvalue weighted by Crippen LogP contribution is -2.25. The van der Waals surface area contributed by atoms with Gasteiger partial charge in [-0.3, -0.25) is 4.79 Å². The van der Waals surface area contributed by atoms with Gasteiger partial charge in [-0.05, 0) is 12.1 Å². The molecule has 0 spiro atoms. The van der Waals surface area contributed by atoms with Gasteiger partial charge in [-0.25, -0.2) is 0 Å². The number of hydrogen-bond donors (Lipinski definition) is 0. The van der Waals surface area contributed by atoms with Crippen LogP contribution >= 0.6 is 0 Å². The highest BCUT2D eigenvalue weighted by Gasteiger charge is 2.33. The summed E-state index contributed by atoms with van der Waals surface area (Å²) in [4.78, 5) is 13.0. The minimum absolute atomic E-state index is 0.0733. The van der Waals surface area contributed by atoms with Gasteiger partial charge in [0.2, 0.25) is 5.91 Å². The molecule has 1 aromatic heterocycles. The average molecular weight is 261 g/mol. The van der Waals surface area contributed by atoms with E-state index in [2.05, 4.69) is 0 Å². The maximum atomic E-state index is 12.5. The molecule has 17 heavy (non-hydrogen) atoms. The summed E-state index contributed by atoms with van der Waals surface area (Å²) in [5, 5.41) is 0. The van der Waals surface area contributed by atoms with Crippen LogP contribution in [0.4, 0.5) is 3.89 Å². The Hall–Kier alpha value is -1.37. The molecule has 1 aromatic rings. The quantitative estimate of drug-likeness (QED) is 0.756. The molecular formula is C10H12FNO4S. The molecule has 1 unspecified atom stereocenters. The fourth-order valence-electron chi connectivity index (χ4n) is 1.99. The molecule has 1 aliphatic heterocycles. The molecule has 0 bridgehead atoms. The predicted molar refractivity (Wildman–Crippen MR) is 57.1 cm³/mol. The lowest BCUT2D eigenvalue weighted by molar-refractivity contribution is -0.128. The Kier molecular flexibility index (Phi) is 3.19. The lowest BCUT2D eigenvalue weighted by atomic mass is 10.1. The second-order valence-electron chi connectivity index (χ2n) is 4.13. The third-order valence-corrected chi connectivity index (χ3v) is 3.53. The summed E-state index contributed by atoms with van der Waals surface area (Å²) in [5.74, 6) is -0.599. The van der Waals surface area contributed by atoms with E-state index in [-0.39, 0.29) is 18.9 Å². The standard InChI is InChI=1S/C10H12FNO4S/c11-17(14,15)7-8-4-10(13)12(5-8)6-9-2-1-3-16-9/h1-3,8H,4-7H2. The number of likely N-dealkylation sites (tertiary alicyclic amines) is 1. The molecular weight excluding hydrogens is 249 g/mol. The monoisotopic (exact) mass is 261 g/mol. The fraction of sp³-hybridized carbons (Fsp3) is 0.500. The van der Waals surface area contributed by atoms with Crippen molar-refractivity contribution < 1.29 is 21.5 Å². The van der Waals surface area contributed by atoms with Gasteiger partial charge in [-0.1, -0.05) is 0 Å². The Labute approximate surface area is 98.4 Å². The van der Waals surface area contributed by atoms with Crippen LogP contribution in [0.3, 0.4) is 0 Å². The highest BCUT2D eigenvalue weighted by molar-refractivity contribution is 7.86. The Morgan fingerprint density at radius 3 is 2.88 bits per heavy atom. The summed E-state index contributed by atoms with van der Waals surface area (Å²) >= 11 is 0. The molecule has 1 fully saturated rings. The number of halogens is 1. The van der Waals surface area contributed by atoms with Gasteiger partial charge in [0, 0.05) is 18.9 Å². The van der Waals surface area contributed by atoms with Crippen LogP contribution in [0.5, 0.6) is 0 Å². The van der Waals surface area contributed by atoms with Crippen LogP contribution in [-0.4, -0.2) is 31.5 Å². The molecule has 0 N–H and O–H groups in total. The minimum atomic E-state index is -4.52. The van der Waals surface area contributed by atoms with E-state index < -0.39 is 21.9 Å². The zero-order valence-electron chi connectivity index (χ0n) is 9.00. The van der Waals surface area contributed by atoms with Gasteiger partial charge in [0.1, 0.15) is 5.76 Å². The van der Waals surface area contributed by atoms with E-state index in [0.717, 1.165) is 0 Å². The van der Waals surface area contributed by atoms with Gasteiger partial charge >= 0.3 is 10.2 Å². The highest BCUT2D eigenvalue weighted by Crippen LogP contribution is 2.22. The van der Waals surface area contributed by atoms with Crippen LogP contribution in [0.15, 0.2) is 22.8 Å². The largest absolute Gasteiger partial charge is 0.467 e. The second kappa shape index (κ2) is 4.48. The van der Waals surface area contributed by atoms with E-state index in [1.54, 1.807) is 12.1 Å². The van der Waals surface area contributed by atoms with E-state index in [1.165, 1.54) is 11.2 Å². The Balaban J connectivity index is 1.96. The summed E-state index contributed by atoms with van der Waals surface area (Å²) < 4.78 is 38.6. The third kappa shape index (κ3) is 3.29. The molecule has 0 aromatic carbocycles. The Morgan fingerprint density at radius 2 is 2.29 bits per heavy atom. The van der Waals surface area contributed by atoms with Gasteiger partial charge in [0.05, 0.1) is 18.6 Å². The van der Waals surface area contributed by atoms with Gasteiger partial charge in [-0.15, -0.1) is 3.89 Å². The van der Waals surface area contributed by atoms with E-state index in [4.69, 9.17) is 4.42 Å². The molecule has 0 radical (unpaired) electrons. The minimum Gasteiger partial charge on any atom is -0.467 e. The summed E-state index contributed by atoms with van der Waals surface area (Å²) in [7, 11) is -4.52. The van der Waals surface area contributed by atoms with Crippen molar-refractivity contribution >= 4 is 16.1 Å². The third-order valence-electron chi connectivity index (χ3n) is 2.66. The summed E-state index contributed by atoms with van der Waals surface area (Å²) in [5.41, 5.74) is 0. The van der Waals surface area contributed by atoms with Crippen molar-refractivity contribution in [2.45, 2.75) is 13.0 Å². The number of amides is 1. The van der Waals surface area contributed by atoms with Crippen LogP contribution in [-0.2, 0) is 21.6 Å². The van der Waals surface area contributed by atoms with Crippen molar-refractivity contribution in [1.29, 1.82) is 0 Å². The molecule has 1 amide bonds. The van der Waals surface area contributed by atoms with Gasteiger partial charge < -0.3 is 9.32 Å². The zero-order chi connectivity index (χ0) is 12.5. The molecule has 2 heterocycles. The SMILES string of the molecule is O=C1CC(CS(=O)(=O)F)CN1Cc1ccco1. The summed E-state index contributed by atoms with van der Waals surface area (Å²) in [6.45, 7) is 0.553. The van der Waals surface area contributed by atoms with E-state index in [0.29, 0.717) is 12.3 Å². The number of nitrogens with zero attached hydrogens (tertiary/aromatic N) is 1. The average Bonchev–Trinajstić information content (AvgIpc) is 2.75. The molecule has 5 nitrogen and oxygen atoms in total. The van der Waals surface area contributed by atoms with Crippen LogP contribution in [0.25, 0.3) is 0 Å². The van der Waals surface area contributed by atoms with Crippen molar-refractivity contribution in [2.24, 2.45) is 5.92 Å². The number of rotatable bonds is 4. The Morgan fingerprint density at radius 1 is 1.53 bits per heavy atom. The first-order chi connectivity index (χ1) is 7.94. The molecule has 0 aliphatic carbocycles. The smallest absolute Gasteiger partial charge is 0.302 e. The van der Waals surface area contributed by atoms with Gasteiger partial charge in [-0.2, -0.15) is 8.42 Å². The molecule has 1 aliphatic rings. The van der Waals surface area contributed by atoms with Crippen LogP contribution < -0.4 is 0 Å². The topological polar surface area (TPSA) is 67.6 Å². The van der Waals surface area contributed by atoms with Crippen molar-refractivity contribution in [3.63, 3.8) is 0 Å².